The van der Waals surface area contributed by atoms with E-state index in [4.69, 9.17) is 10.5 Å². The molecule has 1 aromatic rings. The predicted octanol–water partition coefficient (Wildman–Crippen LogP) is 0.759. The van der Waals surface area contributed by atoms with Crippen LogP contribution in [0.4, 0.5) is 0 Å². The number of likely N-dealkylation sites (N-methyl/N-ethyl adjacent to an activating group) is 1. The van der Waals surface area contributed by atoms with Gasteiger partial charge in [0.1, 0.15) is 5.75 Å². The first-order chi connectivity index (χ1) is 8.60. The lowest BCUT2D eigenvalue weighted by Crippen LogP contribution is -2.26. The molecule has 100 valence electrons. The summed E-state index contributed by atoms with van der Waals surface area (Å²) < 4.78 is 9.83. The maximum atomic E-state index is 11.1. The number of benzene rings is 1. The van der Waals surface area contributed by atoms with Gasteiger partial charge in [-0.3, -0.25) is 9.69 Å². The summed E-state index contributed by atoms with van der Waals surface area (Å²) in [5, 5.41) is 0. The summed E-state index contributed by atoms with van der Waals surface area (Å²) in [4.78, 5) is 13.0. The van der Waals surface area contributed by atoms with Crippen molar-refractivity contribution >= 4 is 5.97 Å². The summed E-state index contributed by atoms with van der Waals surface area (Å²) in [5.41, 5.74) is 7.71. The van der Waals surface area contributed by atoms with Gasteiger partial charge >= 0.3 is 5.97 Å². The molecule has 18 heavy (non-hydrogen) atoms. The van der Waals surface area contributed by atoms with Crippen LogP contribution in [0, 0.1) is 0 Å². The van der Waals surface area contributed by atoms with Crippen LogP contribution in [0.1, 0.15) is 11.1 Å². The van der Waals surface area contributed by atoms with E-state index in [9.17, 15) is 4.79 Å². The molecule has 0 unspecified atom stereocenters. The average Bonchev–Trinajstić information content (AvgIpc) is 2.38. The molecular weight excluding hydrogens is 232 g/mol. The highest BCUT2D eigenvalue weighted by atomic mass is 16.5. The number of nitrogens with zero attached hydrogens (tertiary/aromatic N) is 1. The van der Waals surface area contributed by atoms with Crippen LogP contribution < -0.4 is 10.5 Å². The van der Waals surface area contributed by atoms with Crippen molar-refractivity contribution in [3.63, 3.8) is 0 Å². The molecule has 0 atom stereocenters. The molecule has 0 saturated heterocycles. The smallest absolute Gasteiger partial charge is 0.319 e. The Labute approximate surface area is 107 Å². The third-order valence-electron chi connectivity index (χ3n) is 2.64. The number of hydrogen-bond acceptors (Lipinski definition) is 5. The zero-order chi connectivity index (χ0) is 13.5. The van der Waals surface area contributed by atoms with Crippen LogP contribution in [0.15, 0.2) is 18.2 Å². The predicted molar refractivity (Wildman–Crippen MR) is 69.2 cm³/mol. The second-order valence-corrected chi connectivity index (χ2v) is 4.10. The van der Waals surface area contributed by atoms with E-state index in [1.54, 1.807) is 7.11 Å². The molecule has 0 spiro atoms. The van der Waals surface area contributed by atoms with Gasteiger partial charge in [0, 0.05) is 18.7 Å². The summed E-state index contributed by atoms with van der Waals surface area (Å²) in [5.74, 6) is 0.543. The van der Waals surface area contributed by atoms with E-state index in [1.165, 1.54) is 7.11 Å². The molecule has 0 aromatic heterocycles. The first kappa shape index (κ1) is 14.5. The molecular formula is C13H20N2O3. The highest BCUT2D eigenvalue weighted by Gasteiger charge is 2.08. The Morgan fingerprint density at radius 1 is 1.39 bits per heavy atom. The van der Waals surface area contributed by atoms with Gasteiger partial charge in [-0.05, 0) is 24.7 Å². The van der Waals surface area contributed by atoms with Crippen LogP contribution in [0.3, 0.4) is 0 Å². The van der Waals surface area contributed by atoms with Crippen molar-refractivity contribution in [2.75, 3.05) is 27.8 Å². The molecule has 2 N–H and O–H groups in total. The fraction of sp³-hybridized carbons (Fsp3) is 0.462. The highest BCUT2D eigenvalue weighted by Crippen LogP contribution is 2.19. The van der Waals surface area contributed by atoms with Gasteiger partial charge in [0.25, 0.3) is 0 Å². The Morgan fingerprint density at radius 3 is 2.67 bits per heavy atom. The quantitative estimate of drug-likeness (QED) is 0.757. The zero-order valence-electron chi connectivity index (χ0n) is 11.1. The molecule has 0 aliphatic rings. The largest absolute Gasteiger partial charge is 0.496 e. The minimum Gasteiger partial charge on any atom is -0.496 e. The van der Waals surface area contributed by atoms with Crippen LogP contribution in [-0.2, 0) is 22.6 Å². The maximum absolute atomic E-state index is 11.1. The summed E-state index contributed by atoms with van der Waals surface area (Å²) in [7, 11) is 4.87. The maximum Gasteiger partial charge on any atom is 0.319 e. The molecule has 0 aliphatic heterocycles. The molecule has 0 bridgehead atoms. The van der Waals surface area contributed by atoms with E-state index in [2.05, 4.69) is 4.74 Å². The van der Waals surface area contributed by atoms with Crippen molar-refractivity contribution in [2.45, 2.75) is 13.1 Å². The molecule has 0 saturated carbocycles. The lowest BCUT2D eigenvalue weighted by Gasteiger charge is -2.16. The topological polar surface area (TPSA) is 64.8 Å². The lowest BCUT2D eigenvalue weighted by atomic mass is 10.1. The Kier molecular flexibility index (Phi) is 5.61. The Bertz CT molecular complexity index is 407. The number of methoxy groups -OCH3 is 2. The summed E-state index contributed by atoms with van der Waals surface area (Å²) in [6.45, 7) is 1.35. The fourth-order valence-electron chi connectivity index (χ4n) is 1.74. The lowest BCUT2D eigenvalue weighted by molar-refractivity contribution is -0.141. The number of nitrogens with two attached hydrogens (primary N) is 1. The third-order valence-corrected chi connectivity index (χ3v) is 2.64. The SMILES string of the molecule is COC(=O)CN(C)Cc1ccc(OC)c(CN)c1. The molecule has 1 aromatic carbocycles. The van der Waals surface area contributed by atoms with Crippen LogP contribution in [0.5, 0.6) is 5.75 Å². The number of rotatable bonds is 6. The Balaban J connectivity index is 2.70. The highest BCUT2D eigenvalue weighted by molar-refractivity contribution is 5.71. The first-order valence-corrected chi connectivity index (χ1v) is 5.72. The Hall–Kier alpha value is -1.59. The standard InChI is InChI=1S/C13H20N2O3/c1-15(9-13(16)18-3)8-10-4-5-12(17-2)11(6-10)7-14/h4-6H,7-9,14H2,1-3H3. The minimum atomic E-state index is -0.245. The third kappa shape index (κ3) is 4.01. The molecule has 0 aliphatic carbocycles. The number of esters is 1. The van der Waals surface area contributed by atoms with Crippen LogP contribution >= 0.6 is 0 Å². The second-order valence-electron chi connectivity index (χ2n) is 4.10. The molecule has 5 nitrogen and oxygen atoms in total. The molecule has 0 fully saturated rings. The first-order valence-electron chi connectivity index (χ1n) is 5.72. The van der Waals surface area contributed by atoms with Crippen molar-refractivity contribution < 1.29 is 14.3 Å². The van der Waals surface area contributed by atoms with Gasteiger partial charge in [0.15, 0.2) is 0 Å². The van der Waals surface area contributed by atoms with E-state index >= 15 is 0 Å². The molecule has 5 heteroatoms. The number of hydrogen-bond donors (Lipinski definition) is 1. The van der Waals surface area contributed by atoms with Crippen molar-refractivity contribution in [3.05, 3.63) is 29.3 Å². The van der Waals surface area contributed by atoms with Crippen LogP contribution in [-0.4, -0.2) is 38.7 Å². The van der Waals surface area contributed by atoms with Gasteiger partial charge in [-0.15, -0.1) is 0 Å². The van der Waals surface area contributed by atoms with Gasteiger partial charge in [-0.2, -0.15) is 0 Å². The van der Waals surface area contributed by atoms with E-state index in [0.29, 0.717) is 13.1 Å². The van der Waals surface area contributed by atoms with Crippen LogP contribution in [0.25, 0.3) is 0 Å². The van der Waals surface area contributed by atoms with Crippen molar-refractivity contribution in [3.8, 4) is 5.75 Å². The molecule has 1 rings (SSSR count). The van der Waals surface area contributed by atoms with Gasteiger partial charge in [-0.1, -0.05) is 6.07 Å². The van der Waals surface area contributed by atoms with Crippen molar-refractivity contribution in [2.24, 2.45) is 5.73 Å². The summed E-state index contributed by atoms with van der Waals surface area (Å²) in [6, 6.07) is 5.85. The summed E-state index contributed by atoms with van der Waals surface area (Å²) >= 11 is 0. The van der Waals surface area contributed by atoms with E-state index < -0.39 is 0 Å². The van der Waals surface area contributed by atoms with Gasteiger partial charge in [0.2, 0.25) is 0 Å². The minimum absolute atomic E-state index is 0.245. The summed E-state index contributed by atoms with van der Waals surface area (Å²) in [6.07, 6.45) is 0. The zero-order valence-corrected chi connectivity index (χ0v) is 11.1. The Morgan fingerprint density at radius 2 is 2.11 bits per heavy atom. The van der Waals surface area contributed by atoms with E-state index in [1.807, 2.05) is 30.1 Å². The number of ether oxygens (including phenoxy) is 2. The van der Waals surface area contributed by atoms with E-state index in [-0.39, 0.29) is 12.5 Å². The van der Waals surface area contributed by atoms with Gasteiger partial charge in [0.05, 0.1) is 20.8 Å². The van der Waals surface area contributed by atoms with Gasteiger partial charge in [-0.25, -0.2) is 0 Å². The number of carbonyl (C=O) groups excluding carboxylic acids is 1. The average molecular weight is 252 g/mol. The monoisotopic (exact) mass is 252 g/mol. The van der Waals surface area contributed by atoms with Gasteiger partial charge < -0.3 is 15.2 Å². The molecule has 0 radical (unpaired) electrons. The van der Waals surface area contributed by atoms with Crippen molar-refractivity contribution in [1.82, 2.24) is 4.90 Å². The molecule has 0 heterocycles. The van der Waals surface area contributed by atoms with Crippen LogP contribution in [0.2, 0.25) is 0 Å². The normalized spacial score (nSPS) is 10.5. The van der Waals surface area contributed by atoms with E-state index in [0.717, 1.165) is 16.9 Å². The van der Waals surface area contributed by atoms with Crippen molar-refractivity contribution in [1.29, 1.82) is 0 Å². The molecule has 0 amide bonds. The second kappa shape index (κ2) is 6.98. The fourth-order valence-corrected chi connectivity index (χ4v) is 1.74. The number of carbonyl (C=O) groups is 1.